The Morgan fingerprint density at radius 2 is 1.96 bits per heavy atom. The molecule has 0 aliphatic rings. The second-order valence-corrected chi connectivity index (χ2v) is 7.54. The summed E-state index contributed by atoms with van der Waals surface area (Å²) in [6, 6.07) is 14.5. The van der Waals surface area contributed by atoms with Crippen LogP contribution in [0.2, 0.25) is 0 Å². The van der Waals surface area contributed by atoms with Gasteiger partial charge in [0.15, 0.2) is 5.78 Å². The van der Waals surface area contributed by atoms with Gasteiger partial charge in [-0.2, -0.15) is 18.2 Å². The Bertz CT molecular complexity index is 904. The van der Waals surface area contributed by atoms with Gasteiger partial charge >= 0.3 is 0 Å². The molecule has 0 aliphatic heterocycles. The molecule has 0 atom stereocenters. The Morgan fingerprint density at radius 1 is 1.21 bits per heavy atom. The summed E-state index contributed by atoms with van der Waals surface area (Å²) < 4.78 is 6.76. The number of para-hydroxylation sites is 1. The van der Waals surface area contributed by atoms with Crippen LogP contribution in [-0.2, 0) is 24.9 Å². The van der Waals surface area contributed by atoms with Crippen molar-refractivity contribution in [1.29, 1.82) is 0 Å². The first kappa shape index (κ1) is 24.0. The first-order valence-electron chi connectivity index (χ1n) is 8.79. The van der Waals surface area contributed by atoms with Crippen molar-refractivity contribution in [2.75, 3.05) is 0 Å². The molecule has 3 aromatic rings. The van der Waals surface area contributed by atoms with Gasteiger partial charge in [0.2, 0.25) is 5.88 Å². The second kappa shape index (κ2) is 11.7. The van der Waals surface area contributed by atoms with Gasteiger partial charge in [0.05, 0.1) is 10.5 Å². The molecule has 2 heterocycles. The van der Waals surface area contributed by atoms with Crippen molar-refractivity contribution >= 4 is 27.2 Å². The number of nitrogens with zero attached hydrogens (tertiary/aromatic N) is 1. The van der Waals surface area contributed by atoms with Crippen LogP contribution in [0.3, 0.4) is 0 Å². The molecule has 1 radical (unpaired) electrons. The van der Waals surface area contributed by atoms with E-state index in [1.54, 1.807) is 11.3 Å². The number of hydrogen-bond acceptors (Lipinski definition) is 5. The number of aliphatic hydroxyl groups excluding tert-OH is 1. The summed E-state index contributed by atoms with van der Waals surface area (Å²) in [7, 11) is 0. The number of carbonyl (C=O) groups excluding carboxylic acids is 1. The molecule has 3 rings (SSSR count). The van der Waals surface area contributed by atoms with E-state index in [0.717, 1.165) is 5.39 Å². The molecule has 0 saturated carbocycles. The molecule has 1 aromatic carbocycles. The molecule has 0 bridgehead atoms. The zero-order chi connectivity index (χ0) is 19.8. The van der Waals surface area contributed by atoms with Gasteiger partial charge in [-0.25, -0.2) is 4.98 Å². The predicted octanol–water partition coefficient (Wildman–Crippen LogP) is 6.20. The minimum absolute atomic E-state index is 0. The zero-order valence-electron chi connectivity index (χ0n) is 16.3. The third kappa shape index (κ3) is 7.55. The Hall–Kier alpha value is -2.01. The van der Waals surface area contributed by atoms with E-state index in [9.17, 15) is 9.90 Å². The monoisotopic (exact) mass is 575 g/mol. The van der Waals surface area contributed by atoms with Gasteiger partial charge in [-0.05, 0) is 16.8 Å². The Kier molecular flexibility index (Phi) is 10.1. The van der Waals surface area contributed by atoms with Gasteiger partial charge in [0.1, 0.15) is 0 Å². The molecular formula is C22H24IrNO3S-. The van der Waals surface area contributed by atoms with E-state index in [1.165, 1.54) is 10.8 Å². The minimum atomic E-state index is -0.0316. The van der Waals surface area contributed by atoms with E-state index in [4.69, 9.17) is 4.74 Å². The summed E-state index contributed by atoms with van der Waals surface area (Å²) in [6.45, 7) is 7.32. The Balaban J connectivity index is 0.000000292. The number of allylic oxidation sites excluding steroid dienone is 2. The Morgan fingerprint density at radius 3 is 2.57 bits per heavy atom. The third-order valence-corrected chi connectivity index (χ3v) is 4.53. The summed E-state index contributed by atoms with van der Waals surface area (Å²) in [5.74, 6) is 1.45. The van der Waals surface area contributed by atoms with Crippen molar-refractivity contribution in [1.82, 2.24) is 4.98 Å². The Labute approximate surface area is 183 Å². The first-order chi connectivity index (χ1) is 12.9. The van der Waals surface area contributed by atoms with Crippen molar-refractivity contribution in [2.24, 2.45) is 11.8 Å². The fourth-order valence-electron chi connectivity index (χ4n) is 1.94. The second-order valence-electron chi connectivity index (χ2n) is 6.59. The third-order valence-electron chi connectivity index (χ3n) is 3.66. The maximum absolute atomic E-state index is 11.0. The molecule has 151 valence electrons. The van der Waals surface area contributed by atoms with Gasteiger partial charge in [-0.1, -0.05) is 27.7 Å². The van der Waals surface area contributed by atoms with Crippen LogP contribution < -0.4 is 4.74 Å². The summed E-state index contributed by atoms with van der Waals surface area (Å²) in [4.78, 5) is 15.3. The first-order valence-corrected chi connectivity index (χ1v) is 9.67. The SMILES string of the molecule is CC(C)C(=O)/C=C(\O)C(C)C.[Ir].[c-]1ccccc1Oc1cc2ccsc2cn1. The fourth-order valence-corrected chi connectivity index (χ4v) is 2.67. The topological polar surface area (TPSA) is 59.4 Å². The molecule has 1 N–H and O–H groups in total. The number of fused-ring (bicyclic) bond motifs is 1. The molecule has 0 amide bonds. The molecule has 2 aromatic heterocycles. The summed E-state index contributed by atoms with van der Waals surface area (Å²) in [5, 5.41) is 12.4. The van der Waals surface area contributed by atoms with E-state index in [2.05, 4.69) is 17.1 Å². The maximum atomic E-state index is 11.0. The number of benzene rings is 1. The van der Waals surface area contributed by atoms with E-state index >= 15 is 0 Å². The molecule has 4 nitrogen and oxygen atoms in total. The smallest absolute Gasteiger partial charge is 0.217 e. The van der Waals surface area contributed by atoms with E-state index < -0.39 is 0 Å². The van der Waals surface area contributed by atoms with Crippen LogP contribution in [0.1, 0.15) is 27.7 Å². The van der Waals surface area contributed by atoms with Crippen LogP contribution in [0, 0.1) is 17.9 Å². The number of thiophene rings is 1. The zero-order valence-corrected chi connectivity index (χ0v) is 19.5. The number of aliphatic hydroxyl groups is 1. The molecule has 0 aliphatic carbocycles. The number of carbonyl (C=O) groups is 1. The van der Waals surface area contributed by atoms with Gasteiger partial charge in [0, 0.05) is 56.0 Å². The number of pyridine rings is 1. The normalized spacial score (nSPS) is 11.0. The fraction of sp³-hybridized carbons (Fsp3) is 0.273. The van der Waals surface area contributed by atoms with Crippen LogP contribution in [0.25, 0.3) is 10.1 Å². The summed E-state index contributed by atoms with van der Waals surface area (Å²) >= 11 is 1.68. The predicted molar refractivity (Wildman–Crippen MR) is 110 cm³/mol. The van der Waals surface area contributed by atoms with E-state index in [1.807, 2.05) is 69.6 Å². The number of hydrogen-bond donors (Lipinski definition) is 1. The number of rotatable bonds is 5. The molecule has 0 unspecified atom stereocenters. The summed E-state index contributed by atoms with van der Waals surface area (Å²) in [5.41, 5.74) is 0. The van der Waals surface area contributed by atoms with Crippen molar-refractivity contribution in [3.8, 4) is 11.6 Å². The average molecular weight is 575 g/mol. The summed E-state index contributed by atoms with van der Waals surface area (Å²) in [6.07, 6.45) is 3.15. The van der Waals surface area contributed by atoms with Gasteiger partial charge in [0.25, 0.3) is 0 Å². The maximum Gasteiger partial charge on any atom is 0.217 e. The van der Waals surface area contributed by atoms with Crippen molar-refractivity contribution in [2.45, 2.75) is 27.7 Å². The number of ketones is 1. The van der Waals surface area contributed by atoms with Crippen molar-refractivity contribution < 1.29 is 34.7 Å². The van der Waals surface area contributed by atoms with Gasteiger partial charge < -0.3 is 9.84 Å². The molecular weight excluding hydrogens is 551 g/mol. The quantitative estimate of drug-likeness (QED) is 0.224. The largest absolute Gasteiger partial charge is 0.512 e. The van der Waals surface area contributed by atoms with Crippen LogP contribution >= 0.6 is 11.3 Å². The van der Waals surface area contributed by atoms with Gasteiger partial charge in [-0.3, -0.25) is 4.79 Å². The van der Waals surface area contributed by atoms with Gasteiger partial charge in [-0.15, -0.1) is 23.5 Å². The molecule has 6 heteroatoms. The standard InChI is InChI=1S/C13H8NOS.C9H16O2.Ir/c1-2-4-11(5-3-1)15-13-8-10-6-7-16-12(10)9-14-13;1-6(2)8(10)5-9(11)7(3)4;/h1-4,6-9H;5-7,10H,1-4H3;/q-1;;/b;8-5-;. The molecule has 28 heavy (non-hydrogen) atoms. The molecule has 0 fully saturated rings. The van der Waals surface area contributed by atoms with E-state index in [-0.39, 0.29) is 43.5 Å². The number of ether oxygens (including phenoxy) is 1. The molecule has 0 spiro atoms. The van der Waals surface area contributed by atoms with Crippen molar-refractivity contribution in [3.63, 3.8) is 0 Å². The number of aromatic nitrogens is 1. The van der Waals surface area contributed by atoms with Crippen LogP contribution in [-0.4, -0.2) is 15.9 Å². The minimum Gasteiger partial charge on any atom is -0.512 e. The average Bonchev–Trinajstić information content (AvgIpc) is 3.10. The van der Waals surface area contributed by atoms with Crippen LogP contribution in [0.5, 0.6) is 11.6 Å². The van der Waals surface area contributed by atoms with Crippen molar-refractivity contribution in [3.05, 3.63) is 65.9 Å². The van der Waals surface area contributed by atoms with Crippen LogP contribution in [0.4, 0.5) is 0 Å². The van der Waals surface area contributed by atoms with Crippen LogP contribution in [0.15, 0.2) is 59.8 Å². The van der Waals surface area contributed by atoms with E-state index in [0.29, 0.717) is 11.6 Å². The molecule has 0 saturated heterocycles.